The van der Waals surface area contributed by atoms with E-state index < -0.39 is 6.10 Å². The van der Waals surface area contributed by atoms with Crippen molar-refractivity contribution in [3.8, 4) is 0 Å². The van der Waals surface area contributed by atoms with E-state index in [-0.39, 0.29) is 31.1 Å². The van der Waals surface area contributed by atoms with Gasteiger partial charge in [-0.15, -0.1) is 0 Å². The van der Waals surface area contributed by atoms with Crippen molar-refractivity contribution in [1.82, 2.24) is 0 Å². The Kier molecular flexibility index (Phi) is 59.1. The van der Waals surface area contributed by atoms with E-state index in [1.165, 1.54) is 270 Å². The van der Waals surface area contributed by atoms with Crippen molar-refractivity contribution < 1.29 is 28.6 Å². The lowest BCUT2D eigenvalue weighted by atomic mass is 10.0. The summed E-state index contributed by atoms with van der Waals surface area (Å²) in [6.45, 7) is 6.70. The van der Waals surface area contributed by atoms with Crippen LogP contribution >= 0.6 is 0 Å². The van der Waals surface area contributed by atoms with Gasteiger partial charge in [0.1, 0.15) is 13.2 Å². The summed E-state index contributed by atoms with van der Waals surface area (Å²) in [6.07, 6.45) is 70.9. The van der Waals surface area contributed by atoms with Crippen molar-refractivity contribution in [2.45, 2.75) is 374 Å². The Morgan fingerprint density at radius 2 is 0.465 bits per heavy atom. The van der Waals surface area contributed by atoms with Crippen LogP contribution in [0.4, 0.5) is 0 Å². The molecule has 0 aromatic heterocycles. The number of hydrogen-bond donors (Lipinski definition) is 0. The molecule has 1 unspecified atom stereocenters. The molecule has 0 aromatic carbocycles. The first-order valence-electron chi connectivity index (χ1n) is 32.2. The maximum atomic E-state index is 12.9. The van der Waals surface area contributed by atoms with Gasteiger partial charge in [0, 0.05) is 19.3 Å². The van der Waals surface area contributed by atoms with Crippen molar-refractivity contribution in [3.05, 3.63) is 12.2 Å². The molecule has 0 aromatic rings. The molecule has 0 rings (SSSR count). The second-order valence-electron chi connectivity index (χ2n) is 22.0. The predicted molar refractivity (Wildman–Crippen MR) is 307 cm³/mol. The summed E-state index contributed by atoms with van der Waals surface area (Å²) in [5, 5.41) is 0. The normalized spacial score (nSPS) is 12.0. The van der Waals surface area contributed by atoms with Crippen LogP contribution in [-0.4, -0.2) is 37.2 Å². The number of carbonyl (C=O) groups excluding carboxylic acids is 3. The topological polar surface area (TPSA) is 78.9 Å². The molecule has 0 saturated heterocycles. The fourth-order valence-corrected chi connectivity index (χ4v) is 9.91. The van der Waals surface area contributed by atoms with Crippen LogP contribution in [0.25, 0.3) is 0 Å². The lowest BCUT2D eigenvalue weighted by Crippen LogP contribution is -2.30. The largest absolute Gasteiger partial charge is 0.462 e. The van der Waals surface area contributed by atoms with Gasteiger partial charge < -0.3 is 14.2 Å². The van der Waals surface area contributed by atoms with Gasteiger partial charge in [0.25, 0.3) is 0 Å². The summed E-state index contributed by atoms with van der Waals surface area (Å²) in [6, 6.07) is 0. The predicted octanol–water partition coefficient (Wildman–Crippen LogP) is 21.7. The summed E-state index contributed by atoms with van der Waals surface area (Å²) < 4.78 is 16.9. The van der Waals surface area contributed by atoms with Crippen molar-refractivity contribution >= 4 is 17.9 Å². The number of carbonyl (C=O) groups is 3. The molecule has 0 fully saturated rings. The molecule has 0 N–H and O–H groups in total. The Labute approximate surface area is 443 Å². The third-order valence-electron chi connectivity index (χ3n) is 14.8. The van der Waals surface area contributed by atoms with Gasteiger partial charge in [0.2, 0.25) is 0 Å². The smallest absolute Gasteiger partial charge is 0.306 e. The first-order valence-corrected chi connectivity index (χ1v) is 32.2. The zero-order valence-corrected chi connectivity index (χ0v) is 48.3. The highest BCUT2D eigenvalue weighted by molar-refractivity contribution is 5.71. The van der Waals surface area contributed by atoms with E-state index in [0.717, 1.165) is 57.8 Å². The number of rotatable bonds is 60. The van der Waals surface area contributed by atoms with Gasteiger partial charge in [-0.2, -0.15) is 0 Å². The average Bonchev–Trinajstić information content (AvgIpc) is 3.37. The standard InChI is InChI=1S/C65H124O6/c1-4-7-10-13-16-19-22-24-26-28-29-30-31-32-33-34-35-36-37-38-40-41-43-46-49-52-55-58-64(67)70-61-62(60-69-63(66)57-54-51-48-45-21-18-15-12-9-6-3)71-65(68)59-56-53-50-47-44-42-39-27-25-23-20-17-14-11-8-5-2/h28-29,62H,4-27,30-61H2,1-3H3/b29-28-. The molecule has 6 nitrogen and oxygen atoms in total. The highest BCUT2D eigenvalue weighted by Crippen LogP contribution is 2.18. The number of unbranched alkanes of at least 4 members (excludes halogenated alkanes) is 47. The molecule has 0 aliphatic heterocycles. The SMILES string of the molecule is CCCCCCCCCC/C=C\CCCCCCCCCCCCCCCCCC(=O)OCC(COC(=O)CCCCCCCCCCCC)OC(=O)CCCCCCCCCCCCCCCCCC. The number of esters is 3. The molecule has 1 atom stereocenters. The minimum absolute atomic E-state index is 0.0631. The fraction of sp³-hybridized carbons (Fsp3) is 0.923. The van der Waals surface area contributed by atoms with E-state index in [4.69, 9.17) is 14.2 Å². The number of hydrogen-bond acceptors (Lipinski definition) is 6. The molecule has 71 heavy (non-hydrogen) atoms. The van der Waals surface area contributed by atoms with Crippen molar-refractivity contribution in [1.29, 1.82) is 0 Å². The molecule has 0 heterocycles. The van der Waals surface area contributed by atoms with Gasteiger partial charge in [-0.3, -0.25) is 14.4 Å². The van der Waals surface area contributed by atoms with Crippen LogP contribution in [0.3, 0.4) is 0 Å². The monoisotopic (exact) mass is 1000 g/mol. The Hall–Kier alpha value is -1.85. The molecule has 0 amide bonds. The van der Waals surface area contributed by atoms with Crippen LogP contribution in [0.2, 0.25) is 0 Å². The highest BCUT2D eigenvalue weighted by atomic mass is 16.6. The van der Waals surface area contributed by atoms with Gasteiger partial charge in [-0.25, -0.2) is 0 Å². The van der Waals surface area contributed by atoms with E-state index in [1.807, 2.05) is 0 Å². The van der Waals surface area contributed by atoms with Crippen LogP contribution in [-0.2, 0) is 28.6 Å². The summed E-state index contributed by atoms with van der Waals surface area (Å²) >= 11 is 0. The summed E-state index contributed by atoms with van der Waals surface area (Å²) in [5.41, 5.74) is 0. The van der Waals surface area contributed by atoms with Gasteiger partial charge in [0.15, 0.2) is 6.10 Å². The quantitative estimate of drug-likeness (QED) is 0.0261. The first-order chi connectivity index (χ1) is 35.0. The van der Waals surface area contributed by atoms with E-state index in [9.17, 15) is 14.4 Å². The molecule has 6 heteroatoms. The number of allylic oxidation sites excluding steroid dienone is 2. The third kappa shape index (κ3) is 58.9. The Balaban J connectivity index is 4.12. The third-order valence-corrected chi connectivity index (χ3v) is 14.8. The number of ether oxygens (including phenoxy) is 3. The van der Waals surface area contributed by atoms with Crippen LogP contribution in [0.5, 0.6) is 0 Å². The van der Waals surface area contributed by atoms with Gasteiger partial charge >= 0.3 is 17.9 Å². The second kappa shape index (κ2) is 60.7. The van der Waals surface area contributed by atoms with E-state index in [2.05, 4.69) is 32.9 Å². The van der Waals surface area contributed by atoms with Gasteiger partial charge in [0.05, 0.1) is 0 Å². The molecule has 0 aliphatic rings. The van der Waals surface area contributed by atoms with E-state index >= 15 is 0 Å². The van der Waals surface area contributed by atoms with Gasteiger partial charge in [-0.05, 0) is 44.9 Å². The van der Waals surface area contributed by atoms with Crippen molar-refractivity contribution in [3.63, 3.8) is 0 Å². The Bertz CT molecular complexity index is 1100. The maximum absolute atomic E-state index is 12.9. The molecular weight excluding hydrogens is 877 g/mol. The zero-order valence-electron chi connectivity index (χ0n) is 48.3. The van der Waals surface area contributed by atoms with E-state index in [0.29, 0.717) is 19.3 Å². The molecule has 0 radical (unpaired) electrons. The zero-order chi connectivity index (χ0) is 51.4. The van der Waals surface area contributed by atoms with Crippen molar-refractivity contribution in [2.75, 3.05) is 13.2 Å². The van der Waals surface area contributed by atoms with Crippen molar-refractivity contribution in [2.24, 2.45) is 0 Å². The maximum Gasteiger partial charge on any atom is 0.306 e. The Morgan fingerprint density at radius 3 is 0.704 bits per heavy atom. The first kappa shape index (κ1) is 69.2. The second-order valence-corrected chi connectivity index (χ2v) is 22.0. The molecule has 0 bridgehead atoms. The Morgan fingerprint density at radius 1 is 0.268 bits per heavy atom. The lowest BCUT2D eigenvalue weighted by Gasteiger charge is -2.18. The summed E-state index contributed by atoms with van der Waals surface area (Å²) in [7, 11) is 0. The molecule has 0 spiro atoms. The average molecular weight is 1000 g/mol. The summed E-state index contributed by atoms with van der Waals surface area (Å²) in [5.74, 6) is -0.836. The molecule has 0 saturated carbocycles. The summed E-state index contributed by atoms with van der Waals surface area (Å²) in [4.78, 5) is 38.2. The molecule has 0 aliphatic carbocycles. The molecular formula is C65H124O6. The lowest BCUT2D eigenvalue weighted by molar-refractivity contribution is -0.167. The minimum atomic E-state index is -0.763. The van der Waals surface area contributed by atoms with Crippen LogP contribution < -0.4 is 0 Å². The fourth-order valence-electron chi connectivity index (χ4n) is 9.91. The minimum Gasteiger partial charge on any atom is -0.462 e. The van der Waals surface area contributed by atoms with E-state index in [1.54, 1.807) is 0 Å². The van der Waals surface area contributed by atoms with Gasteiger partial charge in [-0.1, -0.05) is 315 Å². The molecule has 420 valence electrons. The van der Waals surface area contributed by atoms with Crippen LogP contribution in [0.1, 0.15) is 367 Å². The van der Waals surface area contributed by atoms with Crippen LogP contribution in [0, 0.1) is 0 Å². The highest BCUT2D eigenvalue weighted by Gasteiger charge is 2.19. The van der Waals surface area contributed by atoms with Crippen LogP contribution in [0.15, 0.2) is 12.2 Å².